The van der Waals surface area contributed by atoms with Crippen molar-refractivity contribution < 1.29 is 23.8 Å². The summed E-state index contributed by atoms with van der Waals surface area (Å²) >= 11 is 0. The first-order chi connectivity index (χ1) is 12.1. The molecule has 6 heteroatoms. The largest absolute Gasteiger partial charge is 0.486 e. The van der Waals surface area contributed by atoms with Crippen molar-refractivity contribution in [2.45, 2.75) is 6.10 Å². The molecule has 1 aliphatic rings. The summed E-state index contributed by atoms with van der Waals surface area (Å²) in [6, 6.07) is 13.8. The number of esters is 1. The fourth-order valence-electron chi connectivity index (χ4n) is 2.47. The summed E-state index contributed by atoms with van der Waals surface area (Å²) in [5, 5.41) is 0. The number of amides is 1. The van der Waals surface area contributed by atoms with Crippen LogP contribution in [0.3, 0.4) is 0 Å². The Balaban J connectivity index is 1.84. The molecule has 0 radical (unpaired) electrons. The van der Waals surface area contributed by atoms with E-state index in [0.717, 1.165) is 0 Å². The molecule has 0 bridgehead atoms. The molecule has 1 atom stereocenters. The van der Waals surface area contributed by atoms with Crippen LogP contribution in [-0.2, 0) is 9.53 Å². The first kappa shape index (κ1) is 16.8. The van der Waals surface area contributed by atoms with Crippen LogP contribution < -0.4 is 9.47 Å². The molecule has 1 heterocycles. The highest BCUT2D eigenvalue weighted by molar-refractivity contribution is 5.93. The number of fused-ring (bicyclic) bond motifs is 1. The molecule has 0 aliphatic carbocycles. The van der Waals surface area contributed by atoms with Crippen LogP contribution in [0.25, 0.3) is 0 Å². The Hall–Kier alpha value is -3.02. The molecule has 0 saturated heterocycles. The highest BCUT2D eigenvalue weighted by Gasteiger charge is 2.27. The van der Waals surface area contributed by atoms with E-state index in [0.29, 0.717) is 35.8 Å². The minimum absolute atomic E-state index is 0.303. The number of hydrogen-bond acceptors (Lipinski definition) is 5. The molecule has 0 unspecified atom stereocenters. The van der Waals surface area contributed by atoms with Crippen LogP contribution in [0.1, 0.15) is 22.0 Å². The lowest BCUT2D eigenvalue weighted by atomic mass is 10.1. The zero-order valence-electron chi connectivity index (χ0n) is 14.1. The molecule has 2 aromatic carbocycles. The number of carbonyl (C=O) groups is 2. The van der Waals surface area contributed by atoms with Crippen molar-refractivity contribution in [3.05, 3.63) is 59.7 Å². The van der Waals surface area contributed by atoms with Gasteiger partial charge in [-0.3, -0.25) is 4.79 Å². The predicted octanol–water partition coefficient (Wildman–Crippen LogP) is 2.44. The van der Waals surface area contributed by atoms with E-state index in [1.165, 1.54) is 4.90 Å². The summed E-state index contributed by atoms with van der Waals surface area (Å²) in [5.41, 5.74) is 0.920. The summed E-state index contributed by atoms with van der Waals surface area (Å²) in [6.45, 7) is 0.904. The van der Waals surface area contributed by atoms with Crippen molar-refractivity contribution in [2.24, 2.45) is 0 Å². The predicted molar refractivity (Wildman–Crippen MR) is 90.7 cm³/mol. The number of rotatable bonds is 4. The Morgan fingerprint density at radius 2 is 1.68 bits per heavy atom. The average molecular weight is 341 g/mol. The van der Waals surface area contributed by atoms with E-state index < -0.39 is 12.1 Å². The van der Waals surface area contributed by atoms with E-state index in [9.17, 15) is 9.59 Å². The van der Waals surface area contributed by atoms with E-state index in [1.807, 2.05) is 6.07 Å². The zero-order chi connectivity index (χ0) is 17.8. The maximum atomic E-state index is 12.6. The maximum Gasteiger partial charge on any atom is 0.339 e. The molecule has 0 N–H and O–H groups in total. The van der Waals surface area contributed by atoms with Gasteiger partial charge in [-0.1, -0.05) is 30.3 Å². The Kier molecular flexibility index (Phi) is 4.88. The summed E-state index contributed by atoms with van der Waals surface area (Å²) in [5.74, 6) is 0.181. The number of likely N-dealkylation sites (N-methyl/N-ethyl adjacent to an activating group) is 1. The molecule has 0 saturated carbocycles. The van der Waals surface area contributed by atoms with Crippen molar-refractivity contribution in [3.8, 4) is 11.5 Å². The van der Waals surface area contributed by atoms with Gasteiger partial charge in [-0.2, -0.15) is 0 Å². The summed E-state index contributed by atoms with van der Waals surface area (Å²) in [4.78, 5) is 26.4. The molecule has 0 aromatic heterocycles. The van der Waals surface area contributed by atoms with E-state index in [1.54, 1.807) is 56.6 Å². The summed E-state index contributed by atoms with van der Waals surface area (Å²) < 4.78 is 16.4. The van der Waals surface area contributed by atoms with Crippen LogP contribution in [0.2, 0.25) is 0 Å². The minimum atomic E-state index is -1.00. The van der Waals surface area contributed by atoms with Crippen LogP contribution in [0.5, 0.6) is 11.5 Å². The summed E-state index contributed by atoms with van der Waals surface area (Å²) in [7, 11) is 3.24. The minimum Gasteiger partial charge on any atom is -0.486 e. The molecule has 3 rings (SSSR count). The molecule has 0 spiro atoms. The van der Waals surface area contributed by atoms with Crippen LogP contribution in [0, 0.1) is 0 Å². The van der Waals surface area contributed by atoms with Crippen LogP contribution in [-0.4, -0.2) is 44.1 Å². The van der Waals surface area contributed by atoms with E-state index >= 15 is 0 Å². The summed E-state index contributed by atoms with van der Waals surface area (Å²) in [6.07, 6.45) is -1.00. The van der Waals surface area contributed by atoms with Gasteiger partial charge in [0.1, 0.15) is 13.2 Å². The monoisotopic (exact) mass is 341 g/mol. The number of hydrogen-bond donors (Lipinski definition) is 0. The second kappa shape index (κ2) is 7.25. The van der Waals surface area contributed by atoms with Crippen LogP contribution >= 0.6 is 0 Å². The Labute approximate surface area is 145 Å². The van der Waals surface area contributed by atoms with Gasteiger partial charge in [0.05, 0.1) is 5.56 Å². The molecular formula is C19H19NO5. The lowest BCUT2D eigenvalue weighted by molar-refractivity contribution is -0.138. The normalized spacial score (nSPS) is 13.7. The highest BCUT2D eigenvalue weighted by Crippen LogP contribution is 2.31. The SMILES string of the molecule is CN(C)C(=O)[C@H](OC(=O)c1ccc2c(c1)OCCO2)c1ccccc1. The Morgan fingerprint density at radius 3 is 2.36 bits per heavy atom. The molecule has 0 fully saturated rings. The van der Waals surface area contributed by atoms with Gasteiger partial charge in [0.15, 0.2) is 11.5 Å². The Morgan fingerprint density at radius 1 is 1.00 bits per heavy atom. The third-order valence-corrected chi connectivity index (χ3v) is 3.77. The van der Waals surface area contributed by atoms with Gasteiger partial charge < -0.3 is 19.1 Å². The molecule has 1 amide bonds. The molecule has 130 valence electrons. The first-order valence-electron chi connectivity index (χ1n) is 7.93. The van der Waals surface area contributed by atoms with Crippen molar-refractivity contribution >= 4 is 11.9 Å². The highest BCUT2D eigenvalue weighted by atomic mass is 16.6. The van der Waals surface area contributed by atoms with Gasteiger partial charge >= 0.3 is 5.97 Å². The third kappa shape index (κ3) is 3.74. The second-order valence-corrected chi connectivity index (χ2v) is 5.79. The fourth-order valence-corrected chi connectivity index (χ4v) is 2.47. The molecular weight excluding hydrogens is 322 g/mol. The zero-order valence-corrected chi connectivity index (χ0v) is 14.1. The molecule has 2 aromatic rings. The smallest absolute Gasteiger partial charge is 0.339 e. The topological polar surface area (TPSA) is 65.1 Å². The quantitative estimate of drug-likeness (QED) is 0.799. The van der Waals surface area contributed by atoms with Gasteiger partial charge in [0.25, 0.3) is 5.91 Å². The standard InChI is InChI=1S/C19H19NO5/c1-20(2)18(21)17(13-6-4-3-5-7-13)25-19(22)14-8-9-15-16(12-14)24-11-10-23-15/h3-9,12,17H,10-11H2,1-2H3/t17-/m1/s1. The van der Waals surface area contributed by atoms with Crippen LogP contribution in [0.15, 0.2) is 48.5 Å². The first-order valence-corrected chi connectivity index (χ1v) is 7.93. The van der Waals surface area contributed by atoms with Crippen molar-refractivity contribution in [3.63, 3.8) is 0 Å². The molecule has 1 aliphatic heterocycles. The van der Waals surface area contributed by atoms with Crippen molar-refractivity contribution in [1.29, 1.82) is 0 Å². The van der Waals surface area contributed by atoms with Crippen molar-refractivity contribution in [2.75, 3.05) is 27.3 Å². The van der Waals surface area contributed by atoms with E-state index in [-0.39, 0.29) is 5.91 Å². The van der Waals surface area contributed by atoms with Gasteiger partial charge in [0, 0.05) is 19.7 Å². The number of ether oxygens (including phenoxy) is 3. The number of carbonyl (C=O) groups excluding carboxylic acids is 2. The van der Waals surface area contributed by atoms with Gasteiger partial charge in [-0.05, 0) is 18.2 Å². The number of benzene rings is 2. The molecule has 25 heavy (non-hydrogen) atoms. The fraction of sp³-hybridized carbons (Fsp3) is 0.263. The Bertz CT molecular complexity index is 773. The average Bonchev–Trinajstić information content (AvgIpc) is 2.65. The van der Waals surface area contributed by atoms with Crippen LogP contribution in [0.4, 0.5) is 0 Å². The number of nitrogens with zero attached hydrogens (tertiary/aromatic N) is 1. The lowest BCUT2D eigenvalue weighted by Crippen LogP contribution is -2.31. The van der Waals surface area contributed by atoms with Gasteiger partial charge in [0.2, 0.25) is 6.10 Å². The third-order valence-electron chi connectivity index (χ3n) is 3.77. The van der Waals surface area contributed by atoms with E-state index in [4.69, 9.17) is 14.2 Å². The van der Waals surface area contributed by atoms with Crippen molar-refractivity contribution in [1.82, 2.24) is 4.90 Å². The molecule has 6 nitrogen and oxygen atoms in total. The van der Waals surface area contributed by atoms with E-state index in [2.05, 4.69) is 0 Å². The lowest BCUT2D eigenvalue weighted by Gasteiger charge is -2.22. The van der Waals surface area contributed by atoms with Gasteiger partial charge in [-0.15, -0.1) is 0 Å². The second-order valence-electron chi connectivity index (χ2n) is 5.79. The van der Waals surface area contributed by atoms with Gasteiger partial charge in [-0.25, -0.2) is 4.79 Å². The maximum absolute atomic E-state index is 12.6.